The van der Waals surface area contributed by atoms with Crippen molar-refractivity contribution in [1.29, 1.82) is 0 Å². The molecule has 1 aromatic rings. The lowest BCUT2D eigenvalue weighted by molar-refractivity contribution is 0.342. The van der Waals surface area contributed by atoms with E-state index < -0.39 is 0 Å². The Kier molecular flexibility index (Phi) is 2.59. The molecule has 0 radical (unpaired) electrons. The zero-order valence-corrected chi connectivity index (χ0v) is 7.16. The van der Waals surface area contributed by atoms with Crippen LogP contribution in [0.4, 0.5) is 0 Å². The third kappa shape index (κ3) is 2.67. The molecule has 4 nitrogen and oxygen atoms in total. The average molecular weight is 155 g/mol. The van der Waals surface area contributed by atoms with Gasteiger partial charge >= 0.3 is 0 Å². The molecule has 0 unspecified atom stereocenters. The largest absolute Gasteiger partial charge is 0.339 e. The molecule has 0 aliphatic carbocycles. The number of hydrogen-bond acceptors (Lipinski definition) is 4. The van der Waals surface area contributed by atoms with Crippen molar-refractivity contribution in [2.24, 2.45) is 0 Å². The Hall–Kier alpha value is -0.900. The van der Waals surface area contributed by atoms with E-state index in [-0.39, 0.29) is 0 Å². The Morgan fingerprint density at radius 3 is 2.64 bits per heavy atom. The van der Waals surface area contributed by atoms with Crippen molar-refractivity contribution in [3.05, 3.63) is 11.7 Å². The summed E-state index contributed by atoms with van der Waals surface area (Å²) in [5.74, 6) is 1.43. The molecule has 0 aromatic carbocycles. The van der Waals surface area contributed by atoms with Crippen molar-refractivity contribution < 1.29 is 4.52 Å². The van der Waals surface area contributed by atoms with Crippen LogP contribution in [-0.4, -0.2) is 35.7 Å². The Morgan fingerprint density at radius 1 is 1.45 bits per heavy atom. The van der Waals surface area contributed by atoms with Gasteiger partial charge in [-0.25, -0.2) is 0 Å². The zero-order chi connectivity index (χ0) is 8.27. The molecular formula is C7H13N3O. The Bertz CT molecular complexity index is 219. The van der Waals surface area contributed by atoms with Gasteiger partial charge in [-0.05, 0) is 21.0 Å². The van der Waals surface area contributed by atoms with Crippen LogP contribution >= 0.6 is 0 Å². The molecule has 1 aromatic heterocycles. The predicted octanol–water partition coefficient (Wildman–Crippen LogP) is 0.482. The van der Waals surface area contributed by atoms with Crippen LogP contribution in [0.3, 0.4) is 0 Å². The van der Waals surface area contributed by atoms with Crippen LogP contribution in [0.2, 0.25) is 0 Å². The average Bonchev–Trinajstić information content (AvgIpc) is 2.31. The molecule has 1 rings (SSSR count). The van der Waals surface area contributed by atoms with Crippen LogP contribution in [0.5, 0.6) is 0 Å². The molecule has 0 saturated carbocycles. The summed E-state index contributed by atoms with van der Waals surface area (Å²) in [4.78, 5) is 6.16. The summed E-state index contributed by atoms with van der Waals surface area (Å²) in [6, 6.07) is 0. The summed E-state index contributed by atoms with van der Waals surface area (Å²) < 4.78 is 4.93. The maximum atomic E-state index is 4.93. The fourth-order valence-electron chi connectivity index (χ4n) is 0.761. The lowest BCUT2D eigenvalue weighted by Crippen LogP contribution is -2.15. The summed E-state index contributed by atoms with van der Waals surface area (Å²) in [6.07, 6.45) is 0.827. The Labute approximate surface area is 66.2 Å². The summed E-state index contributed by atoms with van der Waals surface area (Å²) >= 11 is 0. The number of aryl methyl sites for hydroxylation is 1. The molecule has 4 heteroatoms. The molecule has 11 heavy (non-hydrogen) atoms. The minimum atomic E-state index is 0.707. The lowest BCUT2D eigenvalue weighted by Gasteiger charge is -2.05. The highest BCUT2D eigenvalue weighted by Gasteiger charge is 2.01. The van der Waals surface area contributed by atoms with E-state index in [0.29, 0.717) is 5.82 Å². The summed E-state index contributed by atoms with van der Waals surface area (Å²) in [5.41, 5.74) is 0. The van der Waals surface area contributed by atoms with Gasteiger partial charge in [0.15, 0.2) is 5.82 Å². The Balaban J connectivity index is 2.39. The van der Waals surface area contributed by atoms with Crippen molar-refractivity contribution in [1.82, 2.24) is 15.0 Å². The van der Waals surface area contributed by atoms with Crippen molar-refractivity contribution in [2.75, 3.05) is 20.6 Å². The highest BCUT2D eigenvalue weighted by molar-refractivity contribution is 4.82. The number of nitrogens with zero attached hydrogens (tertiary/aromatic N) is 3. The van der Waals surface area contributed by atoms with E-state index in [0.717, 1.165) is 18.9 Å². The molecule has 62 valence electrons. The van der Waals surface area contributed by atoms with Crippen LogP contribution in [0.1, 0.15) is 11.7 Å². The topological polar surface area (TPSA) is 42.2 Å². The number of rotatable bonds is 3. The van der Waals surface area contributed by atoms with E-state index >= 15 is 0 Å². The van der Waals surface area contributed by atoms with Crippen LogP contribution in [0, 0.1) is 6.92 Å². The molecule has 0 amide bonds. The lowest BCUT2D eigenvalue weighted by atomic mass is 10.4. The molecule has 0 N–H and O–H groups in total. The van der Waals surface area contributed by atoms with Crippen LogP contribution < -0.4 is 0 Å². The van der Waals surface area contributed by atoms with Crippen molar-refractivity contribution in [2.45, 2.75) is 13.3 Å². The quantitative estimate of drug-likeness (QED) is 0.636. The van der Waals surface area contributed by atoms with Gasteiger partial charge < -0.3 is 9.42 Å². The van der Waals surface area contributed by atoms with Gasteiger partial charge in [0.25, 0.3) is 0 Å². The van der Waals surface area contributed by atoms with Gasteiger partial charge in [-0.15, -0.1) is 0 Å². The first-order valence-corrected chi connectivity index (χ1v) is 3.62. The third-order valence-electron chi connectivity index (χ3n) is 1.34. The van der Waals surface area contributed by atoms with Crippen molar-refractivity contribution >= 4 is 0 Å². The van der Waals surface area contributed by atoms with E-state index in [2.05, 4.69) is 15.0 Å². The van der Waals surface area contributed by atoms with Crippen LogP contribution in [0.25, 0.3) is 0 Å². The van der Waals surface area contributed by atoms with Crippen molar-refractivity contribution in [3.8, 4) is 0 Å². The highest BCUT2D eigenvalue weighted by atomic mass is 16.5. The van der Waals surface area contributed by atoms with Crippen molar-refractivity contribution in [3.63, 3.8) is 0 Å². The molecule has 1 heterocycles. The fourth-order valence-corrected chi connectivity index (χ4v) is 0.761. The van der Waals surface area contributed by atoms with Crippen LogP contribution in [0.15, 0.2) is 4.52 Å². The van der Waals surface area contributed by atoms with Gasteiger partial charge in [-0.1, -0.05) is 5.16 Å². The second-order valence-electron chi connectivity index (χ2n) is 2.79. The second kappa shape index (κ2) is 3.48. The summed E-state index contributed by atoms with van der Waals surface area (Å²) in [7, 11) is 4.03. The Morgan fingerprint density at radius 2 is 2.18 bits per heavy atom. The number of aromatic nitrogens is 2. The van der Waals surface area contributed by atoms with Gasteiger partial charge in [0.05, 0.1) is 0 Å². The SMILES string of the molecule is Cc1noc(CCN(C)C)n1. The van der Waals surface area contributed by atoms with Crippen LogP contribution in [-0.2, 0) is 6.42 Å². The molecule has 0 aliphatic heterocycles. The standard InChI is InChI=1S/C7H13N3O/c1-6-8-7(11-9-6)4-5-10(2)3/h4-5H2,1-3H3. The first-order valence-electron chi connectivity index (χ1n) is 3.62. The third-order valence-corrected chi connectivity index (χ3v) is 1.34. The smallest absolute Gasteiger partial charge is 0.227 e. The normalized spacial score (nSPS) is 10.9. The molecule has 0 bridgehead atoms. The van der Waals surface area contributed by atoms with Gasteiger partial charge in [-0.3, -0.25) is 0 Å². The first-order chi connectivity index (χ1) is 5.18. The first kappa shape index (κ1) is 8.20. The minimum Gasteiger partial charge on any atom is -0.339 e. The van der Waals surface area contributed by atoms with Gasteiger partial charge in [0.1, 0.15) is 0 Å². The summed E-state index contributed by atoms with van der Waals surface area (Å²) in [5, 5.41) is 3.69. The van der Waals surface area contributed by atoms with Gasteiger partial charge in [-0.2, -0.15) is 4.98 Å². The maximum absolute atomic E-state index is 4.93. The molecular weight excluding hydrogens is 142 g/mol. The van der Waals surface area contributed by atoms with Gasteiger partial charge in [0, 0.05) is 13.0 Å². The maximum Gasteiger partial charge on any atom is 0.227 e. The second-order valence-corrected chi connectivity index (χ2v) is 2.79. The van der Waals surface area contributed by atoms with E-state index in [1.165, 1.54) is 0 Å². The summed E-state index contributed by atoms with van der Waals surface area (Å²) in [6.45, 7) is 2.77. The fraction of sp³-hybridized carbons (Fsp3) is 0.714. The number of hydrogen-bond donors (Lipinski definition) is 0. The predicted molar refractivity (Wildman–Crippen MR) is 41.3 cm³/mol. The van der Waals surface area contributed by atoms with Gasteiger partial charge in [0.2, 0.25) is 5.89 Å². The molecule has 0 saturated heterocycles. The molecule has 0 fully saturated rings. The minimum absolute atomic E-state index is 0.707. The van der Waals surface area contributed by atoms with E-state index in [9.17, 15) is 0 Å². The number of likely N-dealkylation sites (N-methyl/N-ethyl adjacent to an activating group) is 1. The monoisotopic (exact) mass is 155 g/mol. The molecule has 0 atom stereocenters. The van der Waals surface area contributed by atoms with E-state index in [1.807, 2.05) is 21.0 Å². The molecule has 0 aliphatic rings. The van der Waals surface area contributed by atoms with E-state index in [4.69, 9.17) is 4.52 Å². The highest BCUT2D eigenvalue weighted by Crippen LogP contribution is 1.96. The zero-order valence-electron chi connectivity index (χ0n) is 7.16. The molecule has 0 spiro atoms. The van der Waals surface area contributed by atoms with E-state index in [1.54, 1.807) is 0 Å².